The van der Waals surface area contributed by atoms with Gasteiger partial charge in [0, 0.05) is 23.1 Å². The molecular weight excluding hydrogens is 573 g/mol. The minimum atomic E-state index is -4.17. The number of rotatable bonds is 13. The molecule has 0 aliphatic heterocycles. The van der Waals surface area contributed by atoms with Gasteiger partial charge in [0.1, 0.15) is 18.3 Å². The minimum Gasteiger partial charge on any atom is -0.497 e. The van der Waals surface area contributed by atoms with Crippen LogP contribution in [-0.4, -0.2) is 51.4 Å². The molecule has 0 saturated heterocycles. The largest absolute Gasteiger partial charge is 0.497 e. The summed E-state index contributed by atoms with van der Waals surface area (Å²) in [6, 6.07) is 18.3. The van der Waals surface area contributed by atoms with Crippen LogP contribution < -0.4 is 14.4 Å². The first kappa shape index (κ1) is 31.3. The van der Waals surface area contributed by atoms with E-state index in [4.69, 9.17) is 27.9 Å². The number of carbonyl (C=O) groups is 2. The molecular formula is C29H33Cl2N3O5S. The van der Waals surface area contributed by atoms with Gasteiger partial charge in [-0.25, -0.2) is 8.42 Å². The maximum Gasteiger partial charge on any atom is 0.264 e. The number of para-hydroxylation sites is 1. The van der Waals surface area contributed by atoms with Gasteiger partial charge in [-0.3, -0.25) is 13.9 Å². The summed E-state index contributed by atoms with van der Waals surface area (Å²) >= 11 is 12.5. The number of methoxy groups -OCH3 is 1. The van der Waals surface area contributed by atoms with Crippen molar-refractivity contribution in [2.24, 2.45) is 0 Å². The zero-order valence-electron chi connectivity index (χ0n) is 22.6. The van der Waals surface area contributed by atoms with E-state index in [1.54, 1.807) is 55.5 Å². The van der Waals surface area contributed by atoms with E-state index in [1.165, 1.54) is 36.3 Å². The molecule has 3 aromatic carbocycles. The Morgan fingerprint density at radius 3 is 2.23 bits per heavy atom. The Labute approximate surface area is 245 Å². The van der Waals surface area contributed by atoms with Gasteiger partial charge in [-0.05, 0) is 66.9 Å². The smallest absolute Gasteiger partial charge is 0.264 e. The van der Waals surface area contributed by atoms with Gasteiger partial charge in [-0.15, -0.1) is 0 Å². The first-order valence-corrected chi connectivity index (χ1v) is 15.0. The van der Waals surface area contributed by atoms with Crippen molar-refractivity contribution in [1.29, 1.82) is 0 Å². The Bertz CT molecular complexity index is 1400. The zero-order valence-corrected chi connectivity index (χ0v) is 25.0. The molecule has 0 saturated carbocycles. The van der Waals surface area contributed by atoms with Crippen molar-refractivity contribution in [2.45, 2.75) is 44.2 Å². The third kappa shape index (κ3) is 7.68. The highest BCUT2D eigenvalue weighted by atomic mass is 35.5. The van der Waals surface area contributed by atoms with Crippen LogP contribution in [0.5, 0.6) is 5.75 Å². The molecule has 0 radical (unpaired) electrons. The minimum absolute atomic E-state index is 0.00928. The van der Waals surface area contributed by atoms with Gasteiger partial charge in [0.25, 0.3) is 10.0 Å². The lowest BCUT2D eigenvalue weighted by molar-refractivity contribution is -0.140. The van der Waals surface area contributed by atoms with E-state index in [9.17, 15) is 18.0 Å². The highest BCUT2D eigenvalue weighted by molar-refractivity contribution is 7.92. The lowest BCUT2D eigenvalue weighted by Gasteiger charge is -2.33. The van der Waals surface area contributed by atoms with Crippen LogP contribution in [0.15, 0.2) is 77.7 Å². The van der Waals surface area contributed by atoms with Gasteiger partial charge < -0.3 is 15.0 Å². The number of carbonyl (C=O) groups excluding carboxylic acids is 2. The predicted molar refractivity (Wildman–Crippen MR) is 158 cm³/mol. The van der Waals surface area contributed by atoms with Gasteiger partial charge >= 0.3 is 0 Å². The average molecular weight is 607 g/mol. The molecule has 0 heterocycles. The van der Waals surface area contributed by atoms with Crippen LogP contribution in [0, 0.1) is 0 Å². The number of hydrogen-bond donors (Lipinski definition) is 1. The summed E-state index contributed by atoms with van der Waals surface area (Å²) in [7, 11) is -2.69. The van der Waals surface area contributed by atoms with Crippen LogP contribution in [0.25, 0.3) is 0 Å². The summed E-state index contributed by atoms with van der Waals surface area (Å²) in [5.74, 6) is -0.395. The highest BCUT2D eigenvalue weighted by Crippen LogP contribution is 2.27. The van der Waals surface area contributed by atoms with Crippen LogP contribution >= 0.6 is 23.2 Å². The van der Waals surface area contributed by atoms with Crippen LogP contribution in [0.4, 0.5) is 5.69 Å². The summed E-state index contributed by atoms with van der Waals surface area (Å²) in [6.45, 7) is 3.61. The second-order valence-corrected chi connectivity index (χ2v) is 11.7. The lowest BCUT2D eigenvalue weighted by atomic mass is 10.1. The third-order valence-electron chi connectivity index (χ3n) is 6.26. The molecule has 11 heteroatoms. The fraction of sp³-hybridized carbons (Fsp3) is 0.310. The van der Waals surface area contributed by atoms with Crippen molar-refractivity contribution in [3.05, 3.63) is 88.4 Å². The standard InChI is InChI=1S/C29H33Cl2N3O5S/c1-4-17-32-29(36)27(5-2)33(19-21-11-12-22(30)18-26(21)31)28(35)20-34(23-9-7-6-8-10-23)40(37,38)25-15-13-24(39-3)14-16-25/h6-16,18,27H,4-5,17,19-20H2,1-3H3,(H,32,36)/t27-/m0/s1. The number of amides is 2. The first-order valence-electron chi connectivity index (χ1n) is 12.8. The molecule has 0 aromatic heterocycles. The molecule has 3 aromatic rings. The summed E-state index contributed by atoms with van der Waals surface area (Å²) in [5.41, 5.74) is 0.880. The number of ether oxygens (including phenoxy) is 1. The first-order chi connectivity index (χ1) is 19.1. The Hall–Kier alpha value is -3.27. The topological polar surface area (TPSA) is 96.0 Å². The fourth-order valence-corrected chi connectivity index (χ4v) is 6.00. The van der Waals surface area contributed by atoms with E-state index in [0.29, 0.717) is 40.0 Å². The van der Waals surface area contributed by atoms with Gasteiger partial charge in [-0.1, -0.05) is 61.3 Å². The number of anilines is 1. The second-order valence-electron chi connectivity index (χ2n) is 9.00. The monoisotopic (exact) mass is 605 g/mol. The molecule has 2 amide bonds. The molecule has 40 heavy (non-hydrogen) atoms. The number of sulfonamides is 1. The second kappa shape index (κ2) is 14.4. The quantitative estimate of drug-likeness (QED) is 0.276. The SMILES string of the molecule is CCCNC(=O)[C@H](CC)N(Cc1ccc(Cl)cc1Cl)C(=O)CN(c1ccccc1)S(=O)(=O)c1ccc(OC)cc1. The van der Waals surface area contributed by atoms with E-state index < -0.39 is 28.5 Å². The molecule has 0 unspecified atom stereocenters. The van der Waals surface area contributed by atoms with Crippen LogP contribution in [-0.2, 0) is 26.2 Å². The van der Waals surface area contributed by atoms with Gasteiger partial charge in [0.15, 0.2) is 0 Å². The zero-order chi connectivity index (χ0) is 29.3. The van der Waals surface area contributed by atoms with Crippen LogP contribution in [0.2, 0.25) is 10.0 Å². The van der Waals surface area contributed by atoms with E-state index in [0.717, 1.165) is 10.7 Å². The molecule has 0 aliphatic carbocycles. The highest BCUT2D eigenvalue weighted by Gasteiger charge is 2.33. The van der Waals surface area contributed by atoms with Gasteiger partial charge in [0.2, 0.25) is 11.8 Å². The molecule has 0 spiro atoms. The molecule has 214 valence electrons. The van der Waals surface area contributed by atoms with Gasteiger partial charge in [-0.2, -0.15) is 0 Å². The Morgan fingerprint density at radius 2 is 1.65 bits per heavy atom. The van der Waals surface area contributed by atoms with Crippen molar-refractivity contribution < 1.29 is 22.7 Å². The Morgan fingerprint density at radius 1 is 0.975 bits per heavy atom. The number of benzene rings is 3. The molecule has 0 fully saturated rings. The molecule has 0 aliphatic rings. The summed E-state index contributed by atoms with van der Waals surface area (Å²) in [4.78, 5) is 28.5. The molecule has 3 rings (SSSR count). The Kier molecular flexibility index (Phi) is 11.2. The van der Waals surface area contributed by atoms with Crippen molar-refractivity contribution in [3.8, 4) is 5.75 Å². The fourth-order valence-electron chi connectivity index (χ4n) is 4.12. The lowest BCUT2D eigenvalue weighted by Crippen LogP contribution is -2.52. The molecule has 1 N–H and O–H groups in total. The molecule has 0 bridgehead atoms. The summed E-state index contributed by atoms with van der Waals surface area (Å²) < 4.78 is 33.9. The molecule has 1 atom stereocenters. The van der Waals surface area contributed by atoms with Crippen molar-refractivity contribution >= 4 is 50.7 Å². The van der Waals surface area contributed by atoms with E-state index in [2.05, 4.69) is 5.32 Å². The summed E-state index contributed by atoms with van der Waals surface area (Å²) in [5, 5.41) is 3.61. The third-order valence-corrected chi connectivity index (χ3v) is 8.64. The number of nitrogens with one attached hydrogen (secondary N) is 1. The maximum atomic E-state index is 14.0. The van der Waals surface area contributed by atoms with Crippen molar-refractivity contribution in [2.75, 3.05) is 24.5 Å². The average Bonchev–Trinajstić information content (AvgIpc) is 2.96. The molecule has 8 nitrogen and oxygen atoms in total. The maximum absolute atomic E-state index is 14.0. The predicted octanol–water partition coefficient (Wildman–Crippen LogP) is 5.53. The Balaban J connectivity index is 2.04. The van der Waals surface area contributed by atoms with E-state index in [1.807, 2.05) is 6.92 Å². The summed E-state index contributed by atoms with van der Waals surface area (Å²) in [6.07, 6.45) is 1.03. The van der Waals surface area contributed by atoms with Crippen molar-refractivity contribution in [1.82, 2.24) is 10.2 Å². The van der Waals surface area contributed by atoms with Crippen LogP contribution in [0.1, 0.15) is 32.3 Å². The normalized spacial score (nSPS) is 11.9. The number of hydrogen-bond acceptors (Lipinski definition) is 5. The van der Waals surface area contributed by atoms with Gasteiger partial charge in [0.05, 0.1) is 17.7 Å². The van der Waals surface area contributed by atoms with Crippen molar-refractivity contribution in [3.63, 3.8) is 0 Å². The van der Waals surface area contributed by atoms with Crippen LogP contribution in [0.3, 0.4) is 0 Å². The van der Waals surface area contributed by atoms with E-state index in [-0.39, 0.29) is 17.3 Å². The van der Waals surface area contributed by atoms with E-state index >= 15 is 0 Å². The number of halogens is 2. The number of nitrogens with zero attached hydrogens (tertiary/aromatic N) is 2.